The van der Waals surface area contributed by atoms with Crippen LogP contribution < -0.4 is 5.32 Å². The molecule has 0 spiro atoms. The lowest BCUT2D eigenvalue weighted by Crippen LogP contribution is -2.58. The van der Waals surface area contributed by atoms with Gasteiger partial charge in [-0.05, 0) is 31.1 Å². The molecule has 10 heavy (non-hydrogen) atoms. The molecule has 1 nitrogen and oxygen atoms in total. The first-order valence-corrected chi connectivity index (χ1v) is 4.51. The largest absolute Gasteiger partial charge is 0.311 e. The molecule has 1 N–H and O–H groups in total. The van der Waals surface area contributed by atoms with E-state index >= 15 is 0 Å². The minimum atomic E-state index is 0.895. The zero-order valence-electron chi connectivity index (χ0n) is 6.93. The fourth-order valence-corrected chi connectivity index (χ4v) is 2.35. The summed E-state index contributed by atoms with van der Waals surface area (Å²) in [6.07, 6.45) is 4.34. The van der Waals surface area contributed by atoms with Crippen LogP contribution in [0.5, 0.6) is 0 Å². The molecule has 2 atom stereocenters. The third-order valence-electron chi connectivity index (χ3n) is 3.16. The van der Waals surface area contributed by atoms with Crippen LogP contribution in [0.2, 0.25) is 0 Å². The lowest BCUT2D eigenvalue weighted by atomic mass is 9.72. The first-order chi connectivity index (χ1) is 4.75. The van der Waals surface area contributed by atoms with E-state index < -0.39 is 0 Å². The molecular weight excluding hydrogens is 122 g/mol. The number of hydrogen-bond donors (Lipinski definition) is 1. The molecule has 2 aliphatic heterocycles. The summed E-state index contributed by atoms with van der Waals surface area (Å²) in [5, 5.41) is 3.56. The first-order valence-electron chi connectivity index (χ1n) is 4.51. The molecule has 2 bridgehead atoms. The predicted molar refractivity (Wildman–Crippen MR) is 42.9 cm³/mol. The summed E-state index contributed by atoms with van der Waals surface area (Å²) in [4.78, 5) is 0. The standard InChI is InChI=1S/C9H17N/c1-6(2)7-3-8-5-9(4-7)10-8/h6-10H,3-5H2,1-2H3. The lowest BCUT2D eigenvalue weighted by Gasteiger charge is -2.47. The topological polar surface area (TPSA) is 12.0 Å². The maximum Gasteiger partial charge on any atom is 0.00872 e. The summed E-state index contributed by atoms with van der Waals surface area (Å²) in [6, 6.07) is 1.79. The van der Waals surface area contributed by atoms with Crippen LogP contribution in [0.3, 0.4) is 0 Å². The Hall–Kier alpha value is -0.0400. The van der Waals surface area contributed by atoms with E-state index in [2.05, 4.69) is 19.2 Å². The fraction of sp³-hybridized carbons (Fsp3) is 1.00. The summed E-state index contributed by atoms with van der Waals surface area (Å²) in [5.41, 5.74) is 0. The molecule has 0 radical (unpaired) electrons. The van der Waals surface area contributed by atoms with Gasteiger partial charge in [-0.1, -0.05) is 13.8 Å². The van der Waals surface area contributed by atoms with E-state index in [1.54, 1.807) is 0 Å². The molecule has 3 rings (SSSR count). The number of rotatable bonds is 1. The maximum absolute atomic E-state index is 3.56. The smallest absolute Gasteiger partial charge is 0.00872 e. The lowest BCUT2D eigenvalue weighted by molar-refractivity contribution is 0.102. The van der Waals surface area contributed by atoms with Gasteiger partial charge < -0.3 is 5.32 Å². The highest BCUT2D eigenvalue weighted by atomic mass is 15.0. The van der Waals surface area contributed by atoms with Crippen molar-refractivity contribution in [2.75, 3.05) is 0 Å². The van der Waals surface area contributed by atoms with Gasteiger partial charge in [-0.25, -0.2) is 0 Å². The highest BCUT2D eigenvalue weighted by molar-refractivity contribution is 4.97. The Kier molecular flexibility index (Phi) is 1.48. The Morgan fingerprint density at radius 1 is 1.10 bits per heavy atom. The highest BCUT2D eigenvalue weighted by Crippen LogP contribution is 2.36. The summed E-state index contributed by atoms with van der Waals surface area (Å²) >= 11 is 0. The van der Waals surface area contributed by atoms with Gasteiger partial charge in [0.15, 0.2) is 0 Å². The van der Waals surface area contributed by atoms with E-state index in [-0.39, 0.29) is 0 Å². The first kappa shape index (κ1) is 6.66. The van der Waals surface area contributed by atoms with E-state index in [0.717, 1.165) is 23.9 Å². The number of hydrogen-bond acceptors (Lipinski definition) is 1. The minimum absolute atomic E-state index is 0.895. The molecule has 58 valence electrons. The molecular formula is C9H17N. The third-order valence-corrected chi connectivity index (χ3v) is 3.16. The van der Waals surface area contributed by atoms with Crippen molar-refractivity contribution in [1.82, 2.24) is 5.32 Å². The van der Waals surface area contributed by atoms with Crippen LogP contribution >= 0.6 is 0 Å². The normalized spacial score (nSPS) is 45.3. The van der Waals surface area contributed by atoms with Crippen LogP contribution in [0, 0.1) is 11.8 Å². The van der Waals surface area contributed by atoms with Crippen molar-refractivity contribution in [3.8, 4) is 0 Å². The van der Waals surface area contributed by atoms with Crippen LogP contribution in [0.25, 0.3) is 0 Å². The molecule has 2 heterocycles. The van der Waals surface area contributed by atoms with Crippen LogP contribution in [-0.4, -0.2) is 12.1 Å². The van der Waals surface area contributed by atoms with E-state index in [4.69, 9.17) is 0 Å². The molecule has 2 unspecified atom stereocenters. The van der Waals surface area contributed by atoms with Crippen molar-refractivity contribution in [2.45, 2.75) is 45.2 Å². The van der Waals surface area contributed by atoms with Crippen molar-refractivity contribution in [2.24, 2.45) is 11.8 Å². The highest BCUT2D eigenvalue weighted by Gasteiger charge is 2.38. The Morgan fingerprint density at radius 3 is 1.90 bits per heavy atom. The zero-order valence-corrected chi connectivity index (χ0v) is 6.93. The van der Waals surface area contributed by atoms with E-state index in [9.17, 15) is 0 Å². The third kappa shape index (κ3) is 0.968. The SMILES string of the molecule is CC(C)C1CC2CC(C1)N2. The second kappa shape index (κ2) is 2.23. The van der Waals surface area contributed by atoms with Crippen LogP contribution in [0.1, 0.15) is 33.1 Å². The maximum atomic E-state index is 3.56. The summed E-state index contributed by atoms with van der Waals surface area (Å²) in [7, 11) is 0. The Morgan fingerprint density at radius 2 is 1.60 bits per heavy atom. The summed E-state index contributed by atoms with van der Waals surface area (Å²) in [5.74, 6) is 1.93. The molecule has 1 saturated carbocycles. The molecule has 0 aromatic carbocycles. The van der Waals surface area contributed by atoms with Gasteiger partial charge in [0.05, 0.1) is 0 Å². The minimum Gasteiger partial charge on any atom is -0.311 e. The zero-order chi connectivity index (χ0) is 7.14. The Labute approximate surface area is 63.2 Å². The second-order valence-corrected chi connectivity index (χ2v) is 4.27. The number of fused-ring (bicyclic) bond motifs is 2. The summed E-state index contributed by atoms with van der Waals surface area (Å²) in [6.45, 7) is 4.71. The van der Waals surface area contributed by atoms with Crippen molar-refractivity contribution < 1.29 is 0 Å². The second-order valence-electron chi connectivity index (χ2n) is 4.27. The summed E-state index contributed by atoms with van der Waals surface area (Å²) < 4.78 is 0. The monoisotopic (exact) mass is 139 g/mol. The Bertz CT molecular complexity index is 115. The number of nitrogens with one attached hydrogen (secondary N) is 1. The van der Waals surface area contributed by atoms with E-state index in [1.807, 2.05) is 0 Å². The van der Waals surface area contributed by atoms with Gasteiger partial charge in [0.1, 0.15) is 0 Å². The van der Waals surface area contributed by atoms with E-state index in [0.29, 0.717) is 0 Å². The molecule has 0 aromatic heterocycles. The molecule has 0 aromatic rings. The van der Waals surface area contributed by atoms with E-state index in [1.165, 1.54) is 19.3 Å². The van der Waals surface area contributed by atoms with Gasteiger partial charge in [0.2, 0.25) is 0 Å². The van der Waals surface area contributed by atoms with Gasteiger partial charge in [-0.3, -0.25) is 0 Å². The average molecular weight is 139 g/mol. The number of piperidine rings is 1. The molecule has 3 fully saturated rings. The fourth-order valence-electron chi connectivity index (χ4n) is 2.35. The van der Waals surface area contributed by atoms with Crippen molar-refractivity contribution in [3.05, 3.63) is 0 Å². The van der Waals surface area contributed by atoms with Crippen molar-refractivity contribution in [3.63, 3.8) is 0 Å². The van der Waals surface area contributed by atoms with Gasteiger partial charge >= 0.3 is 0 Å². The van der Waals surface area contributed by atoms with Gasteiger partial charge in [0, 0.05) is 12.1 Å². The van der Waals surface area contributed by atoms with Crippen molar-refractivity contribution >= 4 is 0 Å². The predicted octanol–water partition coefficient (Wildman–Crippen LogP) is 1.78. The average Bonchev–Trinajstić information content (AvgIpc) is 1.86. The quantitative estimate of drug-likeness (QED) is 0.584. The molecule has 1 heteroatoms. The van der Waals surface area contributed by atoms with Crippen LogP contribution in [-0.2, 0) is 0 Å². The van der Waals surface area contributed by atoms with Gasteiger partial charge in [-0.2, -0.15) is 0 Å². The van der Waals surface area contributed by atoms with Gasteiger partial charge in [-0.15, -0.1) is 0 Å². The molecule has 1 aliphatic carbocycles. The molecule has 3 aliphatic rings. The van der Waals surface area contributed by atoms with Crippen molar-refractivity contribution in [1.29, 1.82) is 0 Å². The van der Waals surface area contributed by atoms with Crippen LogP contribution in [0.4, 0.5) is 0 Å². The van der Waals surface area contributed by atoms with Crippen LogP contribution in [0.15, 0.2) is 0 Å². The van der Waals surface area contributed by atoms with Gasteiger partial charge in [0.25, 0.3) is 0 Å². The Balaban J connectivity index is 1.91. The molecule has 2 saturated heterocycles. The molecule has 0 amide bonds.